The van der Waals surface area contributed by atoms with Crippen LogP contribution in [-0.4, -0.2) is 58.0 Å². The van der Waals surface area contributed by atoms with Crippen LogP contribution in [0.2, 0.25) is 0 Å². The molecule has 0 aliphatic heterocycles. The number of hydrogen-bond acceptors (Lipinski definition) is 8. The van der Waals surface area contributed by atoms with Crippen molar-refractivity contribution < 1.29 is 18.8 Å². The van der Waals surface area contributed by atoms with E-state index in [1.807, 2.05) is 25.1 Å². The number of carbonyl (C=O) groups excluding carboxylic acids is 1. The maximum absolute atomic E-state index is 13.3. The summed E-state index contributed by atoms with van der Waals surface area (Å²) in [4.78, 5) is 17.5. The average Bonchev–Trinajstić information content (AvgIpc) is 3.29. The highest BCUT2D eigenvalue weighted by molar-refractivity contribution is 6.09. The number of aryl methyl sites for hydroxylation is 1. The van der Waals surface area contributed by atoms with Gasteiger partial charge in [0.15, 0.2) is 0 Å². The molecule has 1 fully saturated rings. The summed E-state index contributed by atoms with van der Waals surface area (Å²) in [6, 6.07) is 9.08. The number of carbonyl (C=O) groups is 1. The molecule has 4 aromatic heterocycles. The molecule has 1 aliphatic carbocycles. The second-order valence-electron chi connectivity index (χ2n) is 9.28. The summed E-state index contributed by atoms with van der Waals surface area (Å²) in [6.07, 6.45) is 3.96. The second-order valence-corrected chi connectivity index (χ2v) is 9.28. The fourth-order valence-corrected chi connectivity index (χ4v) is 4.11. The Morgan fingerprint density at radius 1 is 1.27 bits per heavy atom. The highest BCUT2D eigenvalue weighted by Crippen LogP contribution is 2.43. The van der Waals surface area contributed by atoms with Crippen LogP contribution in [0.15, 0.2) is 53.4 Å². The van der Waals surface area contributed by atoms with Crippen molar-refractivity contribution in [2.24, 2.45) is 0 Å². The number of anilines is 1. The number of rotatable bonds is 7. The Morgan fingerprint density at radius 3 is 2.86 bits per heavy atom. The first kappa shape index (κ1) is 23.0. The Morgan fingerprint density at radius 2 is 2.08 bits per heavy atom. The number of nitrogens with zero attached hydrogens (tertiary/aromatic N) is 7. The molecule has 0 unspecified atom stereocenters. The van der Waals surface area contributed by atoms with E-state index in [0.29, 0.717) is 52.7 Å². The van der Waals surface area contributed by atoms with Gasteiger partial charge in [-0.15, -0.1) is 5.10 Å². The van der Waals surface area contributed by atoms with E-state index >= 15 is 0 Å². The van der Waals surface area contributed by atoms with Crippen molar-refractivity contribution >= 4 is 17.1 Å². The van der Waals surface area contributed by atoms with Crippen LogP contribution < -0.4 is 5.32 Å². The van der Waals surface area contributed by atoms with E-state index in [-0.39, 0.29) is 11.8 Å². The van der Waals surface area contributed by atoms with Crippen molar-refractivity contribution in [1.82, 2.24) is 34.7 Å². The van der Waals surface area contributed by atoms with Gasteiger partial charge in [0.2, 0.25) is 11.7 Å². The van der Waals surface area contributed by atoms with Crippen molar-refractivity contribution in [1.29, 1.82) is 0 Å². The molecule has 5 aromatic rings. The summed E-state index contributed by atoms with van der Waals surface area (Å²) in [6.45, 7) is 3.90. The zero-order valence-electron chi connectivity index (χ0n) is 20.0. The smallest absolute Gasteiger partial charge is 0.259 e. The number of hydrogen-bond donors (Lipinski definition) is 2. The lowest BCUT2D eigenvalue weighted by Gasteiger charge is -2.09. The molecule has 12 heteroatoms. The van der Waals surface area contributed by atoms with Crippen molar-refractivity contribution in [3.63, 3.8) is 0 Å². The standard InChI is InChI=1S/C25H23FN8O3/c1-13-3-4-15(23-29-25(37-31-23)17-8-19(17)26)7-20(13)28-24(36)18-9-27-34-11-16(5-6-22(18)34)21-12-33(32-30-21)10-14(2)35/h3-7,9,11-12,14,17,19,35H,8,10H2,1-2H3,(H,28,36)/t14-,17-,19-/m0/s1. The van der Waals surface area contributed by atoms with Crippen LogP contribution in [0.3, 0.4) is 0 Å². The minimum Gasteiger partial charge on any atom is -0.391 e. The van der Waals surface area contributed by atoms with Crippen LogP contribution in [0, 0.1) is 6.92 Å². The Kier molecular flexibility index (Phi) is 5.52. The number of amides is 1. The quantitative estimate of drug-likeness (QED) is 0.346. The van der Waals surface area contributed by atoms with Crippen molar-refractivity contribution in [2.45, 2.75) is 45.0 Å². The predicted octanol–water partition coefficient (Wildman–Crippen LogP) is 3.41. The third-order valence-corrected chi connectivity index (χ3v) is 6.26. The lowest BCUT2D eigenvalue weighted by atomic mass is 10.1. The van der Waals surface area contributed by atoms with Crippen molar-refractivity contribution in [3.05, 3.63) is 65.9 Å². The molecule has 2 N–H and O–H groups in total. The van der Waals surface area contributed by atoms with Crippen LogP contribution in [0.1, 0.15) is 41.1 Å². The van der Waals surface area contributed by atoms with Gasteiger partial charge in [0.25, 0.3) is 5.91 Å². The Balaban J connectivity index is 1.22. The lowest BCUT2D eigenvalue weighted by Crippen LogP contribution is -2.12. The first-order valence-electron chi connectivity index (χ1n) is 11.8. The maximum atomic E-state index is 13.3. The third kappa shape index (κ3) is 4.47. The normalized spacial score (nSPS) is 17.7. The van der Waals surface area contributed by atoms with Gasteiger partial charge in [-0.05, 0) is 44.0 Å². The molecule has 1 amide bonds. The van der Waals surface area contributed by atoms with E-state index in [1.54, 1.807) is 40.6 Å². The molecule has 0 radical (unpaired) electrons. The highest BCUT2D eigenvalue weighted by Gasteiger charge is 2.43. The molecule has 6 rings (SSSR count). The molecule has 1 aliphatic rings. The van der Waals surface area contributed by atoms with E-state index in [0.717, 1.165) is 11.1 Å². The number of halogens is 1. The Bertz CT molecular complexity index is 1620. The van der Waals surface area contributed by atoms with Crippen molar-refractivity contribution in [2.75, 3.05) is 5.32 Å². The summed E-state index contributed by atoms with van der Waals surface area (Å²) in [5, 5.41) is 29.0. The van der Waals surface area contributed by atoms with Crippen LogP contribution in [0.25, 0.3) is 28.2 Å². The van der Waals surface area contributed by atoms with Gasteiger partial charge in [0.05, 0.1) is 42.0 Å². The summed E-state index contributed by atoms with van der Waals surface area (Å²) >= 11 is 0. The molecule has 0 bridgehead atoms. The highest BCUT2D eigenvalue weighted by atomic mass is 19.1. The van der Waals surface area contributed by atoms with E-state index in [4.69, 9.17) is 4.52 Å². The number of nitrogens with one attached hydrogen (secondary N) is 1. The Labute approximate surface area is 209 Å². The van der Waals surface area contributed by atoms with Crippen LogP contribution in [0.5, 0.6) is 0 Å². The van der Waals surface area contributed by atoms with Gasteiger partial charge in [0.1, 0.15) is 11.9 Å². The molecule has 3 atom stereocenters. The summed E-state index contributed by atoms with van der Waals surface area (Å²) < 4.78 is 21.7. The molecule has 0 saturated heterocycles. The minimum absolute atomic E-state index is 0.296. The fraction of sp³-hybridized carbons (Fsp3) is 0.280. The van der Waals surface area contributed by atoms with Gasteiger partial charge in [-0.3, -0.25) is 4.79 Å². The number of fused-ring (bicyclic) bond motifs is 1. The number of alkyl halides is 1. The topological polar surface area (TPSA) is 136 Å². The zero-order chi connectivity index (χ0) is 25.7. The monoisotopic (exact) mass is 502 g/mol. The second kappa shape index (κ2) is 8.89. The van der Waals surface area contributed by atoms with Crippen molar-refractivity contribution in [3.8, 4) is 22.6 Å². The van der Waals surface area contributed by atoms with Gasteiger partial charge in [-0.2, -0.15) is 10.1 Å². The third-order valence-electron chi connectivity index (χ3n) is 6.26. The largest absolute Gasteiger partial charge is 0.391 e. The molecule has 1 aromatic carbocycles. The number of aliphatic hydroxyl groups excluding tert-OH is 1. The summed E-state index contributed by atoms with van der Waals surface area (Å²) in [5.41, 5.74) is 4.52. The van der Waals surface area contributed by atoms with Gasteiger partial charge >= 0.3 is 0 Å². The van der Waals surface area contributed by atoms with E-state index in [2.05, 4.69) is 30.9 Å². The van der Waals surface area contributed by atoms with Gasteiger partial charge in [0, 0.05) is 23.0 Å². The van der Waals surface area contributed by atoms with Crippen LogP contribution >= 0.6 is 0 Å². The van der Waals surface area contributed by atoms with Gasteiger partial charge in [-0.1, -0.05) is 22.5 Å². The molecular weight excluding hydrogens is 479 g/mol. The van der Waals surface area contributed by atoms with Gasteiger partial charge in [-0.25, -0.2) is 13.6 Å². The van der Waals surface area contributed by atoms with E-state index in [9.17, 15) is 14.3 Å². The molecule has 188 valence electrons. The number of aromatic nitrogens is 7. The first-order chi connectivity index (χ1) is 17.9. The average molecular weight is 503 g/mol. The van der Waals surface area contributed by atoms with Crippen LogP contribution in [-0.2, 0) is 6.54 Å². The number of aliphatic hydroxyl groups is 1. The summed E-state index contributed by atoms with van der Waals surface area (Å²) in [5.74, 6) is -0.000446. The molecule has 0 spiro atoms. The molecule has 4 heterocycles. The SMILES string of the molecule is Cc1ccc(-c2noc([C@H]3C[C@@H]3F)n2)cc1NC(=O)c1cnn2cc(-c3cn(C[C@H](C)O)nn3)ccc12. The Hall–Kier alpha value is -4.45. The zero-order valence-corrected chi connectivity index (χ0v) is 20.0. The molecule has 37 heavy (non-hydrogen) atoms. The molecule has 11 nitrogen and oxygen atoms in total. The number of pyridine rings is 1. The van der Waals surface area contributed by atoms with Gasteiger partial charge < -0.3 is 14.9 Å². The first-order valence-corrected chi connectivity index (χ1v) is 11.8. The van der Waals surface area contributed by atoms with E-state index < -0.39 is 12.3 Å². The van der Waals surface area contributed by atoms with E-state index in [1.165, 1.54) is 6.20 Å². The maximum Gasteiger partial charge on any atom is 0.259 e. The lowest BCUT2D eigenvalue weighted by molar-refractivity contribution is 0.102. The molecular formula is C25H23FN8O3. The predicted molar refractivity (Wildman–Crippen MR) is 131 cm³/mol. The fourth-order valence-electron chi connectivity index (χ4n) is 4.11. The van der Waals surface area contributed by atoms with Crippen LogP contribution in [0.4, 0.5) is 10.1 Å². The molecule has 1 saturated carbocycles. The summed E-state index contributed by atoms with van der Waals surface area (Å²) in [7, 11) is 0. The minimum atomic E-state index is -0.924. The number of benzene rings is 1.